The third kappa shape index (κ3) is 3.76. The molecule has 25 heavy (non-hydrogen) atoms. The number of rotatable bonds is 6. The second-order valence-corrected chi connectivity index (χ2v) is 6.25. The lowest BCUT2D eigenvalue weighted by molar-refractivity contribution is -0.117. The van der Waals surface area contributed by atoms with Gasteiger partial charge < -0.3 is 15.8 Å². The number of aromatic nitrogens is 2. The summed E-state index contributed by atoms with van der Waals surface area (Å²) in [6.07, 6.45) is 6.29. The Morgan fingerprint density at radius 2 is 2.04 bits per heavy atom. The van der Waals surface area contributed by atoms with E-state index < -0.39 is 5.91 Å². The molecule has 7 nitrogen and oxygen atoms in total. The van der Waals surface area contributed by atoms with Gasteiger partial charge in [0.05, 0.1) is 11.7 Å². The molecule has 1 aliphatic carbocycles. The molecule has 2 heterocycles. The second-order valence-electron chi connectivity index (χ2n) is 6.25. The van der Waals surface area contributed by atoms with E-state index in [2.05, 4.69) is 15.3 Å². The van der Waals surface area contributed by atoms with Crippen LogP contribution >= 0.6 is 0 Å². The molecule has 130 valence electrons. The number of nitrogens with one attached hydrogen (secondary N) is 1. The van der Waals surface area contributed by atoms with E-state index in [9.17, 15) is 9.59 Å². The van der Waals surface area contributed by atoms with E-state index >= 15 is 0 Å². The predicted molar refractivity (Wildman–Crippen MR) is 93.1 cm³/mol. The summed E-state index contributed by atoms with van der Waals surface area (Å²) in [5.41, 5.74) is 6.77. The molecule has 3 N–H and O–H groups in total. The van der Waals surface area contributed by atoms with Crippen LogP contribution in [-0.4, -0.2) is 27.9 Å². The Balaban J connectivity index is 2.12. The molecule has 2 aromatic heterocycles. The van der Waals surface area contributed by atoms with E-state index in [0.29, 0.717) is 16.9 Å². The summed E-state index contributed by atoms with van der Waals surface area (Å²) in [5, 5.41) is 2.81. The highest BCUT2D eigenvalue weighted by molar-refractivity contribution is 6.06. The number of hydrogen-bond acceptors (Lipinski definition) is 5. The molecule has 0 aromatic carbocycles. The van der Waals surface area contributed by atoms with Crippen LogP contribution in [0.3, 0.4) is 0 Å². The Kier molecular flexibility index (Phi) is 4.65. The molecule has 0 saturated heterocycles. The van der Waals surface area contributed by atoms with Gasteiger partial charge in [0.1, 0.15) is 11.6 Å². The average Bonchev–Trinajstić information content (AvgIpc) is 3.40. The number of carbonyl (C=O) groups is 2. The van der Waals surface area contributed by atoms with E-state index in [1.165, 1.54) is 12.3 Å². The van der Waals surface area contributed by atoms with Crippen molar-refractivity contribution in [2.75, 3.05) is 5.32 Å². The zero-order valence-electron chi connectivity index (χ0n) is 14.2. The number of amides is 2. The molecule has 1 saturated carbocycles. The summed E-state index contributed by atoms with van der Waals surface area (Å²) in [6.45, 7) is 3.80. The highest BCUT2D eigenvalue weighted by Gasteiger charge is 2.31. The van der Waals surface area contributed by atoms with Gasteiger partial charge in [-0.25, -0.2) is 4.98 Å². The maximum atomic E-state index is 12.2. The van der Waals surface area contributed by atoms with Crippen molar-refractivity contribution in [3.05, 3.63) is 36.3 Å². The number of hydrogen-bond donors (Lipinski definition) is 2. The normalized spacial score (nSPS) is 13.6. The number of primary amides is 1. The number of nitrogens with two attached hydrogens (primary N) is 1. The molecule has 1 aliphatic rings. The van der Waals surface area contributed by atoms with Gasteiger partial charge in [-0.05, 0) is 38.8 Å². The first-order chi connectivity index (χ1) is 12.0. The minimum atomic E-state index is -0.612. The van der Waals surface area contributed by atoms with Crippen LogP contribution in [0, 0.1) is 5.92 Å². The van der Waals surface area contributed by atoms with Crippen molar-refractivity contribution >= 4 is 17.6 Å². The monoisotopic (exact) mass is 340 g/mol. The Morgan fingerprint density at radius 3 is 2.68 bits per heavy atom. The highest BCUT2D eigenvalue weighted by atomic mass is 16.5. The number of anilines is 1. The van der Waals surface area contributed by atoms with Crippen molar-refractivity contribution in [3.8, 4) is 16.9 Å². The van der Waals surface area contributed by atoms with Crippen LogP contribution < -0.4 is 15.8 Å². The largest absolute Gasteiger partial charge is 0.490 e. The van der Waals surface area contributed by atoms with Gasteiger partial charge in [0, 0.05) is 35.6 Å². The summed E-state index contributed by atoms with van der Waals surface area (Å²) in [4.78, 5) is 32.5. The summed E-state index contributed by atoms with van der Waals surface area (Å²) >= 11 is 0. The van der Waals surface area contributed by atoms with Gasteiger partial charge in [0.25, 0.3) is 0 Å². The molecule has 0 aliphatic heterocycles. The van der Waals surface area contributed by atoms with Crippen LogP contribution in [0.25, 0.3) is 11.1 Å². The fourth-order valence-electron chi connectivity index (χ4n) is 2.52. The molecule has 0 atom stereocenters. The minimum Gasteiger partial charge on any atom is -0.490 e. The van der Waals surface area contributed by atoms with Crippen molar-refractivity contribution in [1.29, 1.82) is 0 Å². The number of pyridine rings is 2. The van der Waals surface area contributed by atoms with Crippen molar-refractivity contribution in [2.45, 2.75) is 32.8 Å². The summed E-state index contributed by atoms with van der Waals surface area (Å²) in [6, 6.07) is 3.23. The molecular formula is C18H20N4O3. The zero-order chi connectivity index (χ0) is 18.0. The topological polar surface area (TPSA) is 107 Å². The van der Waals surface area contributed by atoms with Gasteiger partial charge in [-0.15, -0.1) is 0 Å². The second kappa shape index (κ2) is 6.88. The van der Waals surface area contributed by atoms with Crippen molar-refractivity contribution in [3.63, 3.8) is 0 Å². The lowest BCUT2D eigenvalue weighted by atomic mass is 10.0. The van der Waals surface area contributed by atoms with E-state index in [1.54, 1.807) is 18.5 Å². The Bertz CT molecular complexity index is 816. The quantitative estimate of drug-likeness (QED) is 0.839. The van der Waals surface area contributed by atoms with Gasteiger partial charge in [0.2, 0.25) is 11.8 Å². The predicted octanol–water partition coefficient (Wildman–Crippen LogP) is 2.38. The molecule has 7 heteroatoms. The molecule has 0 radical (unpaired) electrons. The molecule has 2 aromatic rings. The minimum absolute atomic E-state index is 0.00664. The average molecular weight is 340 g/mol. The summed E-state index contributed by atoms with van der Waals surface area (Å²) in [5.74, 6) is 0.119. The first-order valence-corrected chi connectivity index (χ1v) is 8.18. The number of ether oxygens (including phenoxy) is 1. The first-order valence-electron chi connectivity index (χ1n) is 8.18. The van der Waals surface area contributed by atoms with Crippen molar-refractivity contribution in [2.24, 2.45) is 11.7 Å². The Morgan fingerprint density at radius 1 is 1.28 bits per heavy atom. The Hall–Kier alpha value is -2.96. The van der Waals surface area contributed by atoms with Crippen LogP contribution in [0.15, 0.2) is 30.7 Å². The standard InChI is InChI=1S/C18H20N4O3/c1-10(2)25-14-6-7-20-9-13(14)15-12(16(19)23)5-8-21-17(15)22-18(24)11-3-4-11/h5-11H,3-4H2,1-2H3,(H2,19,23)(H,21,22,24). The Labute approximate surface area is 145 Å². The van der Waals surface area contributed by atoms with Crippen LogP contribution in [0.5, 0.6) is 5.75 Å². The smallest absolute Gasteiger partial charge is 0.249 e. The maximum Gasteiger partial charge on any atom is 0.249 e. The molecule has 0 bridgehead atoms. The zero-order valence-corrected chi connectivity index (χ0v) is 14.2. The van der Waals surface area contributed by atoms with Gasteiger partial charge in [-0.1, -0.05) is 0 Å². The van der Waals surface area contributed by atoms with Crippen molar-refractivity contribution in [1.82, 2.24) is 9.97 Å². The summed E-state index contributed by atoms with van der Waals surface area (Å²) in [7, 11) is 0. The SMILES string of the molecule is CC(C)Oc1ccncc1-c1c(C(N)=O)ccnc1NC(=O)C1CC1. The van der Waals surface area contributed by atoms with Crippen LogP contribution in [-0.2, 0) is 4.79 Å². The first kappa shape index (κ1) is 16.9. The third-order valence-corrected chi connectivity index (χ3v) is 3.82. The van der Waals surface area contributed by atoms with Crippen LogP contribution in [0.2, 0.25) is 0 Å². The van der Waals surface area contributed by atoms with Gasteiger partial charge in [0.15, 0.2) is 0 Å². The molecule has 0 unspecified atom stereocenters. The molecule has 2 amide bonds. The fourth-order valence-corrected chi connectivity index (χ4v) is 2.52. The molecular weight excluding hydrogens is 320 g/mol. The van der Waals surface area contributed by atoms with Gasteiger partial charge >= 0.3 is 0 Å². The van der Waals surface area contributed by atoms with E-state index in [-0.39, 0.29) is 29.3 Å². The fraction of sp³-hybridized carbons (Fsp3) is 0.333. The molecule has 0 spiro atoms. The third-order valence-electron chi connectivity index (χ3n) is 3.82. The molecule has 1 fully saturated rings. The number of carbonyl (C=O) groups excluding carboxylic acids is 2. The lowest BCUT2D eigenvalue weighted by Crippen LogP contribution is -2.19. The van der Waals surface area contributed by atoms with Gasteiger partial charge in [-0.3, -0.25) is 14.6 Å². The molecule has 3 rings (SSSR count). The van der Waals surface area contributed by atoms with E-state index in [0.717, 1.165) is 12.8 Å². The lowest BCUT2D eigenvalue weighted by Gasteiger charge is -2.17. The van der Waals surface area contributed by atoms with E-state index in [1.807, 2.05) is 13.8 Å². The van der Waals surface area contributed by atoms with Crippen LogP contribution in [0.1, 0.15) is 37.0 Å². The maximum absolute atomic E-state index is 12.2. The summed E-state index contributed by atoms with van der Waals surface area (Å²) < 4.78 is 5.82. The van der Waals surface area contributed by atoms with E-state index in [4.69, 9.17) is 10.5 Å². The number of nitrogens with zero attached hydrogens (tertiary/aromatic N) is 2. The highest BCUT2D eigenvalue weighted by Crippen LogP contribution is 2.37. The van der Waals surface area contributed by atoms with Gasteiger partial charge in [-0.2, -0.15) is 0 Å². The van der Waals surface area contributed by atoms with Crippen LogP contribution in [0.4, 0.5) is 5.82 Å². The van der Waals surface area contributed by atoms with Crippen molar-refractivity contribution < 1.29 is 14.3 Å².